The van der Waals surface area contributed by atoms with Crippen LogP contribution < -0.4 is 0 Å². The normalized spacial score (nSPS) is 19.7. The van der Waals surface area contributed by atoms with E-state index in [1.807, 2.05) is 0 Å². The Labute approximate surface area is 122 Å². The molecule has 1 aromatic carbocycles. The fourth-order valence-corrected chi connectivity index (χ4v) is 2.85. The second-order valence-corrected chi connectivity index (χ2v) is 5.98. The number of halogens is 3. The van der Waals surface area contributed by atoms with Gasteiger partial charge in [-0.25, -0.2) is 13.2 Å². The second kappa shape index (κ2) is 6.50. The van der Waals surface area contributed by atoms with E-state index in [-0.39, 0.29) is 5.56 Å². The molecule has 1 atom stereocenters. The first-order valence-corrected chi connectivity index (χ1v) is 7.34. The first kappa shape index (κ1) is 15.9. The number of nitrogens with zero attached hydrogens (tertiary/aromatic N) is 1. The maximum Gasteiger partial charge on any atom is 0.254 e. The molecule has 1 aliphatic heterocycles. The van der Waals surface area contributed by atoms with Crippen LogP contribution in [0.25, 0.3) is 0 Å². The predicted molar refractivity (Wildman–Crippen MR) is 74.4 cm³/mol. The van der Waals surface area contributed by atoms with Crippen LogP contribution in [0.15, 0.2) is 12.1 Å². The van der Waals surface area contributed by atoms with Crippen LogP contribution in [-0.2, 0) is 0 Å². The zero-order valence-corrected chi connectivity index (χ0v) is 12.3. The van der Waals surface area contributed by atoms with E-state index in [0.717, 1.165) is 31.4 Å². The lowest BCUT2D eigenvalue weighted by atomic mass is 9.89. The summed E-state index contributed by atoms with van der Waals surface area (Å²) in [6, 6.07) is 1.54. The minimum absolute atomic E-state index is 0.130. The van der Waals surface area contributed by atoms with Gasteiger partial charge in [0.2, 0.25) is 0 Å². The molecule has 0 aliphatic carbocycles. The summed E-state index contributed by atoms with van der Waals surface area (Å²) in [4.78, 5) is 13.9. The quantitative estimate of drug-likeness (QED) is 0.756. The number of hydrogen-bond donors (Lipinski definition) is 0. The van der Waals surface area contributed by atoms with Crippen LogP contribution in [0.1, 0.15) is 43.5 Å². The Morgan fingerprint density at radius 2 is 1.76 bits per heavy atom. The van der Waals surface area contributed by atoms with E-state index in [4.69, 9.17) is 0 Å². The van der Waals surface area contributed by atoms with Crippen molar-refractivity contribution in [3.8, 4) is 0 Å². The molecule has 0 spiro atoms. The van der Waals surface area contributed by atoms with Crippen molar-refractivity contribution in [3.05, 3.63) is 35.1 Å². The Kier molecular flexibility index (Phi) is 4.91. The van der Waals surface area contributed by atoms with Gasteiger partial charge in [0, 0.05) is 18.7 Å². The topological polar surface area (TPSA) is 20.3 Å². The van der Waals surface area contributed by atoms with Crippen molar-refractivity contribution in [1.82, 2.24) is 4.90 Å². The molecule has 1 saturated heterocycles. The molecule has 21 heavy (non-hydrogen) atoms. The standard InChI is InChI=1S/C16H20F3NO/c1-10(2)11-4-3-6-20(7-5-11)16(21)12-8-13(17)15(19)14(18)9-12/h8-11H,3-7H2,1-2H3. The molecule has 1 fully saturated rings. The Balaban J connectivity index is 2.13. The van der Waals surface area contributed by atoms with Crippen LogP contribution in [-0.4, -0.2) is 23.9 Å². The van der Waals surface area contributed by atoms with E-state index in [0.29, 0.717) is 24.9 Å². The maximum absolute atomic E-state index is 13.2. The zero-order chi connectivity index (χ0) is 15.6. The van der Waals surface area contributed by atoms with Crippen LogP contribution in [0.5, 0.6) is 0 Å². The molecular formula is C16H20F3NO. The average molecular weight is 299 g/mol. The van der Waals surface area contributed by atoms with Crippen molar-refractivity contribution in [1.29, 1.82) is 0 Å². The highest BCUT2D eigenvalue weighted by Gasteiger charge is 2.24. The lowest BCUT2D eigenvalue weighted by molar-refractivity contribution is 0.0757. The number of carbonyl (C=O) groups excluding carboxylic acids is 1. The summed E-state index contributed by atoms with van der Waals surface area (Å²) in [5.74, 6) is -3.51. The highest BCUT2D eigenvalue weighted by molar-refractivity contribution is 5.94. The Morgan fingerprint density at radius 1 is 1.14 bits per heavy atom. The van der Waals surface area contributed by atoms with Crippen LogP contribution in [0.4, 0.5) is 13.2 Å². The Bertz CT molecular complexity index is 507. The number of rotatable bonds is 2. The SMILES string of the molecule is CC(C)C1CCCN(C(=O)c2cc(F)c(F)c(F)c2)CC1. The summed E-state index contributed by atoms with van der Waals surface area (Å²) in [6.07, 6.45) is 2.81. The molecule has 0 bridgehead atoms. The van der Waals surface area contributed by atoms with Gasteiger partial charge in [-0.15, -0.1) is 0 Å². The van der Waals surface area contributed by atoms with Gasteiger partial charge in [-0.1, -0.05) is 13.8 Å². The molecule has 0 saturated carbocycles. The van der Waals surface area contributed by atoms with Gasteiger partial charge in [-0.05, 0) is 43.2 Å². The van der Waals surface area contributed by atoms with Crippen molar-refractivity contribution in [3.63, 3.8) is 0 Å². The monoisotopic (exact) mass is 299 g/mol. The molecule has 116 valence electrons. The second-order valence-electron chi connectivity index (χ2n) is 5.98. The average Bonchev–Trinajstić information content (AvgIpc) is 2.69. The van der Waals surface area contributed by atoms with Gasteiger partial charge in [0.1, 0.15) is 0 Å². The van der Waals surface area contributed by atoms with Crippen LogP contribution in [0.2, 0.25) is 0 Å². The highest BCUT2D eigenvalue weighted by atomic mass is 19.2. The summed E-state index contributed by atoms with van der Waals surface area (Å²) in [6.45, 7) is 5.46. The van der Waals surface area contributed by atoms with E-state index in [2.05, 4.69) is 13.8 Å². The molecule has 1 aromatic rings. The minimum atomic E-state index is -1.54. The summed E-state index contributed by atoms with van der Waals surface area (Å²) in [5.41, 5.74) is -0.130. The Hall–Kier alpha value is -1.52. The Morgan fingerprint density at radius 3 is 2.33 bits per heavy atom. The van der Waals surface area contributed by atoms with Crippen molar-refractivity contribution >= 4 is 5.91 Å². The first-order valence-electron chi connectivity index (χ1n) is 7.34. The molecule has 2 nitrogen and oxygen atoms in total. The number of carbonyl (C=O) groups is 1. The van der Waals surface area contributed by atoms with Gasteiger partial charge >= 0.3 is 0 Å². The maximum atomic E-state index is 13.2. The third-order valence-electron chi connectivity index (χ3n) is 4.23. The van der Waals surface area contributed by atoms with E-state index in [1.165, 1.54) is 0 Å². The lowest BCUT2D eigenvalue weighted by Crippen LogP contribution is -2.32. The first-order chi connectivity index (χ1) is 9.90. The number of benzene rings is 1. The van der Waals surface area contributed by atoms with Gasteiger partial charge in [0.25, 0.3) is 5.91 Å². The summed E-state index contributed by atoms with van der Waals surface area (Å²) in [7, 11) is 0. The van der Waals surface area contributed by atoms with Crippen molar-refractivity contribution in [2.45, 2.75) is 33.1 Å². The zero-order valence-electron chi connectivity index (χ0n) is 12.3. The van der Waals surface area contributed by atoms with Gasteiger partial charge in [-0.2, -0.15) is 0 Å². The van der Waals surface area contributed by atoms with Crippen LogP contribution in [0.3, 0.4) is 0 Å². The molecule has 5 heteroatoms. The van der Waals surface area contributed by atoms with Gasteiger partial charge in [0.05, 0.1) is 0 Å². The van der Waals surface area contributed by atoms with Crippen LogP contribution >= 0.6 is 0 Å². The summed E-state index contributed by atoms with van der Waals surface area (Å²) in [5, 5.41) is 0. The smallest absolute Gasteiger partial charge is 0.254 e. The highest BCUT2D eigenvalue weighted by Crippen LogP contribution is 2.25. The molecule has 2 rings (SSSR count). The van der Waals surface area contributed by atoms with Crippen molar-refractivity contribution in [2.24, 2.45) is 11.8 Å². The van der Waals surface area contributed by atoms with Crippen molar-refractivity contribution in [2.75, 3.05) is 13.1 Å². The third-order valence-corrected chi connectivity index (χ3v) is 4.23. The summed E-state index contributed by atoms with van der Waals surface area (Å²) >= 11 is 0. The fraction of sp³-hybridized carbons (Fsp3) is 0.562. The molecule has 0 N–H and O–H groups in total. The van der Waals surface area contributed by atoms with E-state index < -0.39 is 23.4 Å². The molecular weight excluding hydrogens is 279 g/mol. The number of hydrogen-bond acceptors (Lipinski definition) is 1. The minimum Gasteiger partial charge on any atom is -0.339 e. The van der Waals surface area contributed by atoms with Crippen LogP contribution in [0, 0.1) is 29.3 Å². The molecule has 1 unspecified atom stereocenters. The lowest BCUT2D eigenvalue weighted by Gasteiger charge is -2.21. The van der Waals surface area contributed by atoms with Gasteiger partial charge < -0.3 is 4.90 Å². The van der Waals surface area contributed by atoms with Crippen molar-refractivity contribution < 1.29 is 18.0 Å². The molecule has 1 heterocycles. The molecule has 0 aromatic heterocycles. The van der Waals surface area contributed by atoms with E-state index in [1.54, 1.807) is 4.90 Å². The number of amides is 1. The molecule has 1 amide bonds. The molecule has 0 radical (unpaired) electrons. The van der Waals surface area contributed by atoms with Gasteiger partial charge in [-0.3, -0.25) is 4.79 Å². The van der Waals surface area contributed by atoms with Gasteiger partial charge in [0.15, 0.2) is 17.5 Å². The largest absolute Gasteiger partial charge is 0.339 e. The predicted octanol–water partition coefficient (Wildman–Crippen LogP) is 4.00. The van der Waals surface area contributed by atoms with E-state index in [9.17, 15) is 18.0 Å². The van der Waals surface area contributed by atoms with E-state index >= 15 is 0 Å². The molecule has 1 aliphatic rings. The fourth-order valence-electron chi connectivity index (χ4n) is 2.85. The number of likely N-dealkylation sites (tertiary alicyclic amines) is 1. The summed E-state index contributed by atoms with van der Waals surface area (Å²) < 4.78 is 39.4. The third kappa shape index (κ3) is 3.57.